The van der Waals surface area contributed by atoms with Crippen LogP contribution in [-0.2, 0) is 0 Å². The van der Waals surface area contributed by atoms with E-state index in [1.165, 1.54) is 18.2 Å². The van der Waals surface area contributed by atoms with Crippen molar-refractivity contribution in [2.75, 3.05) is 0 Å². The lowest BCUT2D eigenvalue weighted by Crippen LogP contribution is -2.09. The first-order valence-electron chi connectivity index (χ1n) is 15.1. The largest absolute Gasteiger partial charge is 0.507 e. The van der Waals surface area contributed by atoms with Crippen molar-refractivity contribution in [2.24, 2.45) is 0 Å². The number of nitrogens with zero attached hydrogens (tertiary/aromatic N) is 2. The summed E-state index contributed by atoms with van der Waals surface area (Å²) in [6, 6.07) is 25.2. The molecule has 8 rings (SSSR count). The van der Waals surface area contributed by atoms with Crippen molar-refractivity contribution in [1.82, 2.24) is 9.97 Å². The molecule has 242 valence electrons. The van der Waals surface area contributed by atoms with Crippen molar-refractivity contribution < 1.29 is 29.3 Å². The van der Waals surface area contributed by atoms with Crippen molar-refractivity contribution in [1.29, 1.82) is 0 Å². The molecule has 0 spiro atoms. The molecule has 4 aromatic carbocycles. The average molecular weight is 700 g/mol. The van der Waals surface area contributed by atoms with Gasteiger partial charge in [0.1, 0.15) is 17.1 Å². The van der Waals surface area contributed by atoms with E-state index in [-0.39, 0.29) is 49.8 Å². The maximum atomic E-state index is 13.6. The van der Waals surface area contributed by atoms with Crippen LogP contribution in [0.5, 0.6) is 5.75 Å². The number of aromatic carboxylic acids is 2. The predicted octanol–water partition coefficient (Wildman–Crippen LogP) is 9.40. The molecule has 50 heavy (non-hydrogen) atoms. The molecule has 0 fully saturated rings. The number of para-hydroxylation sites is 2. The Morgan fingerprint density at radius 1 is 0.680 bits per heavy atom. The fraction of sp³-hybridized carbons (Fsp3) is 0. The lowest BCUT2D eigenvalue weighted by atomic mass is 9.87. The highest BCUT2D eigenvalue weighted by molar-refractivity contribution is 6.41. The number of aromatic nitrogens is 2. The number of rotatable bonds is 5. The molecule has 3 heterocycles. The summed E-state index contributed by atoms with van der Waals surface area (Å²) in [6.45, 7) is 0. The quantitative estimate of drug-likeness (QED) is 0.149. The molecule has 1 aliphatic carbocycles. The Hall–Kier alpha value is -6.29. The average Bonchev–Trinajstić information content (AvgIpc) is 3.10. The molecule has 0 unspecified atom stereocenters. The molecule has 0 radical (unpaired) electrons. The van der Waals surface area contributed by atoms with E-state index in [9.17, 15) is 29.7 Å². The predicted molar refractivity (Wildman–Crippen MR) is 192 cm³/mol. The number of pyridine rings is 2. The Morgan fingerprint density at radius 2 is 1.30 bits per heavy atom. The van der Waals surface area contributed by atoms with Gasteiger partial charge < -0.3 is 19.7 Å². The van der Waals surface area contributed by atoms with Gasteiger partial charge in [-0.05, 0) is 42.5 Å². The summed E-state index contributed by atoms with van der Waals surface area (Å²) in [5.74, 6) is -3.07. The molecule has 9 nitrogen and oxygen atoms in total. The minimum absolute atomic E-state index is 0.0266. The first-order valence-corrected chi connectivity index (χ1v) is 15.8. The number of halogens is 2. The van der Waals surface area contributed by atoms with Gasteiger partial charge in [-0.2, -0.15) is 0 Å². The van der Waals surface area contributed by atoms with Gasteiger partial charge in [-0.3, -0.25) is 14.8 Å². The van der Waals surface area contributed by atoms with Crippen LogP contribution in [0.25, 0.3) is 77.5 Å². The van der Waals surface area contributed by atoms with Gasteiger partial charge in [0.15, 0.2) is 5.43 Å². The molecule has 0 bridgehead atoms. The number of carbonyl (C=O) groups is 2. The highest BCUT2D eigenvalue weighted by Gasteiger charge is 2.30. The van der Waals surface area contributed by atoms with E-state index in [1.807, 2.05) is 60.7 Å². The molecule has 0 saturated heterocycles. The second-order valence-electron chi connectivity index (χ2n) is 11.6. The van der Waals surface area contributed by atoms with Crippen LogP contribution in [-0.4, -0.2) is 37.2 Å². The van der Waals surface area contributed by atoms with Crippen LogP contribution in [0.3, 0.4) is 0 Å². The number of aromatic hydroxyl groups is 1. The lowest BCUT2D eigenvalue weighted by Gasteiger charge is -2.21. The van der Waals surface area contributed by atoms with E-state index in [0.29, 0.717) is 16.7 Å². The Kier molecular flexibility index (Phi) is 7.25. The van der Waals surface area contributed by atoms with Gasteiger partial charge in [0.25, 0.3) is 0 Å². The third kappa shape index (κ3) is 4.99. The zero-order valence-electron chi connectivity index (χ0n) is 25.4. The van der Waals surface area contributed by atoms with Crippen LogP contribution in [0.4, 0.5) is 0 Å². The lowest BCUT2D eigenvalue weighted by molar-refractivity contribution is 0.0682. The topological polar surface area (TPSA) is 151 Å². The molecule has 2 aliphatic rings. The van der Waals surface area contributed by atoms with Crippen LogP contribution in [0.2, 0.25) is 10.0 Å². The molecule has 0 atom stereocenters. The van der Waals surface area contributed by atoms with Crippen LogP contribution in [0, 0.1) is 0 Å². The number of carboxylic acid groups (broad SMARTS) is 2. The number of carboxylic acids is 2. The zero-order valence-corrected chi connectivity index (χ0v) is 27.0. The van der Waals surface area contributed by atoms with E-state index in [0.717, 1.165) is 27.9 Å². The van der Waals surface area contributed by atoms with Crippen molar-refractivity contribution in [3.63, 3.8) is 0 Å². The van der Waals surface area contributed by atoms with Gasteiger partial charge in [-0.25, -0.2) is 9.59 Å². The van der Waals surface area contributed by atoms with Gasteiger partial charge >= 0.3 is 11.9 Å². The van der Waals surface area contributed by atoms with E-state index in [1.54, 1.807) is 18.5 Å². The summed E-state index contributed by atoms with van der Waals surface area (Å²) < 4.78 is 6.21. The van der Waals surface area contributed by atoms with Crippen molar-refractivity contribution >= 4 is 67.9 Å². The number of phenols is 1. The molecule has 6 aromatic rings. The highest BCUT2D eigenvalue weighted by Crippen LogP contribution is 2.49. The van der Waals surface area contributed by atoms with Crippen molar-refractivity contribution in [3.8, 4) is 50.5 Å². The number of hydrogen-bond acceptors (Lipinski definition) is 7. The molecular weight excluding hydrogens is 679 g/mol. The van der Waals surface area contributed by atoms with Gasteiger partial charge in [0.05, 0.1) is 32.2 Å². The number of hydrogen-bond donors (Lipinski definition) is 3. The van der Waals surface area contributed by atoms with Gasteiger partial charge in [0, 0.05) is 79.6 Å². The SMILES string of the molecule is O=C(O)c1cc(Cl)c(C(=O)O)c(-c2c3cc(-c4cnc5ccccc5c4)c(=O)cc-3oc3cc(O)c(-c4cnc5ccccc5c4)cc23)c1Cl. The summed E-state index contributed by atoms with van der Waals surface area (Å²) in [5, 5.41) is 32.9. The fourth-order valence-corrected chi connectivity index (χ4v) is 6.95. The Balaban J connectivity index is 1.53. The number of benzene rings is 5. The van der Waals surface area contributed by atoms with E-state index >= 15 is 0 Å². The minimum atomic E-state index is -1.47. The first-order chi connectivity index (χ1) is 24.1. The highest BCUT2D eigenvalue weighted by atomic mass is 35.5. The summed E-state index contributed by atoms with van der Waals surface area (Å²) in [6.07, 6.45) is 3.15. The standard InChI is InChI=1S/C39H20Cl2N2O7/c40-27-13-26(38(46)47)37(41)36(35(27)39(48)49)34-24-11-22(20-9-18-5-1-3-7-28(18)42-16-20)30(44)14-32(24)50-33-15-31(45)23(12-25(33)34)21-10-19-6-2-4-8-29(19)43-17-21/h1-17,44H,(H,46,47)(H,48,49). The van der Waals surface area contributed by atoms with Gasteiger partial charge in [0.2, 0.25) is 0 Å². The van der Waals surface area contributed by atoms with Crippen molar-refractivity contribution in [2.45, 2.75) is 0 Å². The maximum absolute atomic E-state index is 13.6. The smallest absolute Gasteiger partial charge is 0.337 e. The van der Waals surface area contributed by atoms with Gasteiger partial charge in [-0.15, -0.1) is 0 Å². The van der Waals surface area contributed by atoms with Gasteiger partial charge in [-0.1, -0.05) is 59.6 Å². The summed E-state index contributed by atoms with van der Waals surface area (Å²) in [7, 11) is 0. The molecule has 1 aliphatic heterocycles. The Labute approximate surface area is 291 Å². The molecule has 11 heteroatoms. The summed E-state index contributed by atoms with van der Waals surface area (Å²) >= 11 is 13.3. The molecular formula is C39H20Cl2N2O7. The monoisotopic (exact) mass is 698 g/mol. The second kappa shape index (κ2) is 11.7. The molecule has 0 saturated carbocycles. The number of fused-ring (bicyclic) bond motifs is 4. The molecule has 2 aromatic heterocycles. The van der Waals surface area contributed by atoms with E-state index in [2.05, 4.69) is 9.97 Å². The van der Waals surface area contributed by atoms with Crippen LogP contribution in [0.15, 0.2) is 113 Å². The van der Waals surface area contributed by atoms with Crippen molar-refractivity contribution in [3.05, 3.63) is 135 Å². The molecule has 3 N–H and O–H groups in total. The zero-order chi connectivity index (χ0) is 34.8. The van der Waals surface area contributed by atoms with Crippen LogP contribution < -0.4 is 5.43 Å². The Bertz CT molecular complexity index is 2790. The fourth-order valence-electron chi connectivity index (χ4n) is 6.34. The third-order valence-electron chi connectivity index (χ3n) is 8.65. The van der Waals surface area contributed by atoms with Crippen LogP contribution >= 0.6 is 23.2 Å². The maximum Gasteiger partial charge on any atom is 0.337 e. The first kappa shape index (κ1) is 31.0. The van der Waals surface area contributed by atoms with E-state index in [4.69, 9.17) is 27.6 Å². The van der Waals surface area contributed by atoms with Crippen LogP contribution in [0.1, 0.15) is 20.7 Å². The molecule has 0 amide bonds. The third-order valence-corrected chi connectivity index (χ3v) is 9.34. The minimum Gasteiger partial charge on any atom is -0.507 e. The second-order valence-corrected chi connectivity index (χ2v) is 12.4. The summed E-state index contributed by atoms with van der Waals surface area (Å²) in [5.41, 5.74) is 1.91. The van der Waals surface area contributed by atoms with E-state index < -0.39 is 33.5 Å². The summed E-state index contributed by atoms with van der Waals surface area (Å²) in [4.78, 5) is 47.9. The normalized spacial score (nSPS) is 11.5. The number of phenolic OH excluding ortho intramolecular Hbond substituents is 1. The Morgan fingerprint density at radius 3 is 1.92 bits per heavy atom.